The summed E-state index contributed by atoms with van der Waals surface area (Å²) in [5.41, 5.74) is 2.75. The van der Waals surface area contributed by atoms with E-state index in [1.807, 2.05) is 19.9 Å². The average Bonchev–Trinajstić information content (AvgIpc) is 2.81. The Kier molecular flexibility index (Phi) is 5.58. The monoisotopic (exact) mass is 329 g/mol. The van der Waals surface area contributed by atoms with Gasteiger partial charge in [-0.15, -0.1) is 0 Å². The van der Waals surface area contributed by atoms with Gasteiger partial charge in [0.2, 0.25) is 0 Å². The van der Waals surface area contributed by atoms with Gasteiger partial charge in [-0.25, -0.2) is 15.0 Å². The van der Waals surface area contributed by atoms with Gasteiger partial charge in [0.1, 0.15) is 12.1 Å². The molecule has 2 N–H and O–H groups in total. The highest BCUT2D eigenvalue weighted by Gasteiger charge is 2.15. The Morgan fingerprint density at radius 2 is 1.92 bits per heavy atom. The van der Waals surface area contributed by atoms with E-state index in [1.165, 1.54) is 32.0 Å². The third kappa shape index (κ3) is 4.19. The van der Waals surface area contributed by atoms with Crippen LogP contribution in [0.15, 0.2) is 12.4 Å². The molecule has 130 valence electrons. The zero-order valence-corrected chi connectivity index (χ0v) is 14.6. The molecule has 0 radical (unpaired) electrons. The van der Waals surface area contributed by atoms with Crippen LogP contribution >= 0.6 is 0 Å². The van der Waals surface area contributed by atoms with E-state index in [0.717, 1.165) is 35.6 Å². The Bertz CT molecular complexity index is 682. The summed E-state index contributed by atoms with van der Waals surface area (Å²) >= 11 is 0. The molecule has 1 fully saturated rings. The van der Waals surface area contributed by atoms with Gasteiger partial charge in [0.15, 0.2) is 5.65 Å². The largest absolute Gasteiger partial charge is 0.390 e. The first-order valence-corrected chi connectivity index (χ1v) is 8.87. The highest BCUT2D eigenvalue weighted by Crippen LogP contribution is 2.22. The van der Waals surface area contributed by atoms with E-state index in [2.05, 4.69) is 25.2 Å². The Morgan fingerprint density at radius 1 is 1.17 bits per heavy atom. The van der Waals surface area contributed by atoms with Crippen molar-refractivity contribution < 1.29 is 5.11 Å². The first-order chi connectivity index (χ1) is 11.6. The number of β-amino-alcohol motifs (C(OH)–C–C–N with tert-alkyl or cyclic N) is 1. The first-order valence-electron chi connectivity index (χ1n) is 8.87. The Hall–Kier alpha value is -1.79. The van der Waals surface area contributed by atoms with Crippen LogP contribution in [0.1, 0.15) is 36.9 Å². The number of aliphatic hydroxyl groups excluding tert-OH is 1. The molecule has 6 nitrogen and oxygen atoms in total. The van der Waals surface area contributed by atoms with Crippen LogP contribution in [-0.2, 0) is 0 Å². The maximum atomic E-state index is 10.4. The minimum atomic E-state index is -0.410. The Balaban J connectivity index is 1.64. The zero-order chi connectivity index (χ0) is 16.9. The number of rotatable bonds is 5. The predicted molar refractivity (Wildman–Crippen MR) is 96.2 cm³/mol. The number of nitrogens with zero attached hydrogens (tertiary/aromatic N) is 4. The van der Waals surface area contributed by atoms with E-state index in [4.69, 9.17) is 0 Å². The van der Waals surface area contributed by atoms with Crippen LogP contribution in [0.2, 0.25) is 0 Å². The van der Waals surface area contributed by atoms with Gasteiger partial charge in [0, 0.05) is 18.8 Å². The topological polar surface area (TPSA) is 74.2 Å². The summed E-state index contributed by atoms with van der Waals surface area (Å²) < 4.78 is 0. The van der Waals surface area contributed by atoms with Crippen LogP contribution in [0.25, 0.3) is 11.0 Å². The van der Waals surface area contributed by atoms with Crippen LogP contribution in [-0.4, -0.2) is 57.2 Å². The molecule has 2 aromatic heterocycles. The minimum absolute atomic E-state index is 0.410. The lowest BCUT2D eigenvalue weighted by molar-refractivity contribution is 0.124. The maximum absolute atomic E-state index is 10.4. The van der Waals surface area contributed by atoms with E-state index in [-0.39, 0.29) is 0 Å². The number of pyridine rings is 1. The number of nitrogens with one attached hydrogen (secondary N) is 1. The average molecular weight is 329 g/mol. The Morgan fingerprint density at radius 3 is 2.67 bits per heavy atom. The molecular weight excluding hydrogens is 302 g/mol. The lowest BCUT2D eigenvalue weighted by atomic mass is 10.1. The number of hydrogen-bond acceptors (Lipinski definition) is 6. The van der Waals surface area contributed by atoms with Gasteiger partial charge in [-0.2, -0.15) is 0 Å². The lowest BCUT2D eigenvalue weighted by Crippen LogP contribution is -2.36. The van der Waals surface area contributed by atoms with Gasteiger partial charge in [0.25, 0.3) is 0 Å². The normalized spacial score (nSPS) is 17.6. The molecule has 6 heteroatoms. The molecule has 3 heterocycles. The number of likely N-dealkylation sites (tertiary alicyclic amines) is 1. The molecule has 1 aliphatic heterocycles. The van der Waals surface area contributed by atoms with Gasteiger partial charge in [-0.1, -0.05) is 12.8 Å². The number of aliphatic hydroxyl groups is 1. The molecule has 24 heavy (non-hydrogen) atoms. The van der Waals surface area contributed by atoms with E-state index in [0.29, 0.717) is 18.7 Å². The fourth-order valence-corrected chi connectivity index (χ4v) is 3.44. The van der Waals surface area contributed by atoms with Crippen molar-refractivity contribution in [3.8, 4) is 0 Å². The van der Waals surface area contributed by atoms with Gasteiger partial charge in [-0.3, -0.25) is 0 Å². The highest BCUT2D eigenvalue weighted by molar-refractivity contribution is 5.89. The quantitative estimate of drug-likeness (QED) is 0.877. The van der Waals surface area contributed by atoms with E-state index < -0.39 is 6.10 Å². The molecule has 0 spiro atoms. The smallest absolute Gasteiger partial charge is 0.165 e. The molecule has 2 aromatic rings. The van der Waals surface area contributed by atoms with Gasteiger partial charge in [0.05, 0.1) is 11.5 Å². The summed E-state index contributed by atoms with van der Waals surface area (Å²) in [5, 5.41) is 14.6. The molecule has 0 bridgehead atoms. The third-order valence-electron chi connectivity index (χ3n) is 4.60. The number of hydrogen-bond donors (Lipinski definition) is 2. The van der Waals surface area contributed by atoms with Crippen LogP contribution in [0.4, 0.5) is 5.82 Å². The van der Waals surface area contributed by atoms with Gasteiger partial charge >= 0.3 is 0 Å². The van der Waals surface area contributed by atoms with Crippen molar-refractivity contribution in [1.29, 1.82) is 0 Å². The molecule has 0 amide bonds. The fourth-order valence-electron chi connectivity index (χ4n) is 3.44. The van der Waals surface area contributed by atoms with Crippen molar-refractivity contribution in [1.82, 2.24) is 19.9 Å². The summed E-state index contributed by atoms with van der Waals surface area (Å²) in [5.74, 6) is 0.750. The summed E-state index contributed by atoms with van der Waals surface area (Å²) in [6.07, 6.45) is 6.21. The first kappa shape index (κ1) is 17.0. The minimum Gasteiger partial charge on any atom is -0.390 e. The van der Waals surface area contributed by atoms with Crippen molar-refractivity contribution in [2.75, 3.05) is 31.5 Å². The molecule has 0 aromatic carbocycles. The SMILES string of the molecule is Cc1cc(C)c2c(NC[C@@H](O)CN3CCCCCC3)ncnc2n1. The maximum Gasteiger partial charge on any atom is 0.165 e. The zero-order valence-electron chi connectivity index (χ0n) is 14.6. The second kappa shape index (κ2) is 7.85. The van der Waals surface area contributed by atoms with Crippen LogP contribution in [0.5, 0.6) is 0 Å². The van der Waals surface area contributed by atoms with Crippen LogP contribution in [0, 0.1) is 13.8 Å². The summed E-state index contributed by atoms with van der Waals surface area (Å²) in [4.78, 5) is 15.4. The van der Waals surface area contributed by atoms with Crippen molar-refractivity contribution in [2.24, 2.45) is 0 Å². The molecule has 3 rings (SSSR count). The standard InChI is InChI=1S/C18H27N5O/c1-13-9-14(2)22-18-16(13)17(20-12-21-18)19-10-15(24)11-23-7-5-3-4-6-8-23/h9,12,15,24H,3-8,10-11H2,1-2H3,(H,19,20,21,22)/t15-/m1/s1. The molecule has 1 saturated heterocycles. The Labute approximate surface area is 143 Å². The molecular formula is C18H27N5O. The molecule has 0 unspecified atom stereocenters. The predicted octanol–water partition coefficient (Wildman–Crippen LogP) is 2.29. The van der Waals surface area contributed by atoms with Crippen molar-refractivity contribution >= 4 is 16.9 Å². The number of aryl methyl sites for hydroxylation is 2. The lowest BCUT2D eigenvalue weighted by Gasteiger charge is -2.23. The second-order valence-electron chi connectivity index (χ2n) is 6.75. The van der Waals surface area contributed by atoms with E-state index in [9.17, 15) is 5.11 Å². The second-order valence-corrected chi connectivity index (χ2v) is 6.75. The van der Waals surface area contributed by atoms with Crippen molar-refractivity contribution in [3.05, 3.63) is 23.7 Å². The van der Waals surface area contributed by atoms with Gasteiger partial charge < -0.3 is 15.3 Å². The van der Waals surface area contributed by atoms with E-state index in [1.54, 1.807) is 0 Å². The number of fused-ring (bicyclic) bond motifs is 1. The fraction of sp³-hybridized carbons (Fsp3) is 0.611. The summed E-state index contributed by atoms with van der Waals surface area (Å²) in [6, 6.07) is 2.03. The van der Waals surface area contributed by atoms with Crippen molar-refractivity contribution in [2.45, 2.75) is 45.6 Å². The molecule has 1 aliphatic rings. The summed E-state index contributed by atoms with van der Waals surface area (Å²) in [7, 11) is 0. The third-order valence-corrected chi connectivity index (χ3v) is 4.60. The number of aromatic nitrogens is 3. The van der Waals surface area contributed by atoms with E-state index >= 15 is 0 Å². The van der Waals surface area contributed by atoms with Crippen LogP contribution in [0.3, 0.4) is 0 Å². The molecule has 0 saturated carbocycles. The van der Waals surface area contributed by atoms with Crippen molar-refractivity contribution in [3.63, 3.8) is 0 Å². The number of anilines is 1. The molecule has 1 atom stereocenters. The van der Waals surface area contributed by atoms with Gasteiger partial charge in [-0.05, 0) is 51.4 Å². The summed E-state index contributed by atoms with van der Waals surface area (Å²) in [6.45, 7) is 7.39. The molecule has 0 aliphatic carbocycles. The van der Waals surface area contributed by atoms with Crippen LogP contribution < -0.4 is 5.32 Å². The highest BCUT2D eigenvalue weighted by atomic mass is 16.3.